The Morgan fingerprint density at radius 3 is 2.16 bits per heavy atom. The molecule has 2 fully saturated rings. The molecule has 1 saturated carbocycles. The summed E-state index contributed by atoms with van der Waals surface area (Å²) in [7, 11) is 0. The number of benzene rings is 2. The van der Waals surface area contributed by atoms with Gasteiger partial charge in [0.15, 0.2) is 5.54 Å². The summed E-state index contributed by atoms with van der Waals surface area (Å²) in [6.45, 7) is 5.55. The van der Waals surface area contributed by atoms with Gasteiger partial charge in [-0.05, 0) is 61.6 Å². The number of aliphatic imine (C=N–C) groups is 1. The van der Waals surface area contributed by atoms with E-state index < -0.39 is 5.54 Å². The van der Waals surface area contributed by atoms with Crippen molar-refractivity contribution in [2.45, 2.75) is 63.1 Å². The number of primary amides is 1. The molecule has 1 amide bonds. The van der Waals surface area contributed by atoms with Gasteiger partial charge in [0.2, 0.25) is 5.91 Å². The zero-order valence-corrected chi connectivity index (χ0v) is 19.3. The van der Waals surface area contributed by atoms with E-state index in [9.17, 15) is 4.79 Å². The zero-order valence-electron chi connectivity index (χ0n) is 19.3. The Labute approximate surface area is 191 Å². The summed E-state index contributed by atoms with van der Waals surface area (Å²) in [6, 6.07) is 21.7. The molecule has 0 aromatic heterocycles. The van der Waals surface area contributed by atoms with Gasteiger partial charge >= 0.3 is 0 Å². The topological polar surface area (TPSA) is 58.7 Å². The van der Waals surface area contributed by atoms with E-state index >= 15 is 0 Å². The van der Waals surface area contributed by atoms with Crippen molar-refractivity contribution in [1.82, 2.24) is 4.90 Å². The average Bonchev–Trinajstić information content (AvgIpc) is 2.94. The highest BCUT2D eigenvalue weighted by atomic mass is 16.1. The molecule has 4 unspecified atom stereocenters. The molecule has 3 aliphatic heterocycles. The predicted octanol–water partition coefficient (Wildman–Crippen LogP) is 4.28. The molecule has 4 atom stereocenters. The maximum atomic E-state index is 13.2. The van der Waals surface area contributed by atoms with E-state index in [0.717, 1.165) is 38.6 Å². The zero-order chi connectivity index (χ0) is 22.3. The second-order valence-corrected chi connectivity index (χ2v) is 10.6. The average molecular weight is 430 g/mol. The predicted molar refractivity (Wildman–Crippen MR) is 130 cm³/mol. The van der Waals surface area contributed by atoms with Gasteiger partial charge in [-0.3, -0.25) is 14.7 Å². The van der Waals surface area contributed by atoms with Crippen LogP contribution >= 0.6 is 0 Å². The monoisotopic (exact) mass is 429 g/mol. The number of carbonyl (C=O) groups excluding carboxylic acids is 1. The van der Waals surface area contributed by atoms with Crippen molar-refractivity contribution in [2.75, 3.05) is 6.54 Å². The van der Waals surface area contributed by atoms with E-state index in [-0.39, 0.29) is 23.4 Å². The number of nitrogens with two attached hydrogens (primary N) is 1. The lowest BCUT2D eigenvalue weighted by Gasteiger charge is -2.46. The van der Waals surface area contributed by atoms with Crippen molar-refractivity contribution in [3.05, 3.63) is 71.8 Å². The molecule has 2 N–H and O–H groups in total. The molecule has 0 radical (unpaired) electrons. The number of amides is 1. The number of rotatable bonds is 8. The number of hydrogen-bond acceptors (Lipinski definition) is 3. The third-order valence-electron chi connectivity index (χ3n) is 8.25. The summed E-state index contributed by atoms with van der Waals surface area (Å²) >= 11 is 0. The van der Waals surface area contributed by atoms with Crippen LogP contribution in [-0.2, 0) is 17.6 Å². The van der Waals surface area contributed by atoms with Gasteiger partial charge in [0, 0.05) is 23.7 Å². The SMILES string of the molecule is CC(C)CCN1C2CC3C=NC2(C(N)=O)C(C3)C1(Cc1ccccc1)Cc1ccccc1. The molecule has 1 saturated heterocycles. The fourth-order valence-electron chi connectivity index (χ4n) is 6.89. The minimum Gasteiger partial charge on any atom is -0.367 e. The molecule has 4 aliphatic rings. The maximum absolute atomic E-state index is 13.2. The highest BCUT2D eigenvalue weighted by Crippen LogP contribution is 2.60. The van der Waals surface area contributed by atoms with Crippen LogP contribution in [0.25, 0.3) is 0 Å². The Kier molecular flexibility index (Phi) is 5.45. The number of hydrogen-bond donors (Lipinski definition) is 1. The van der Waals surface area contributed by atoms with Crippen LogP contribution in [0.2, 0.25) is 0 Å². The van der Waals surface area contributed by atoms with Gasteiger partial charge in [-0.2, -0.15) is 0 Å². The molecule has 4 nitrogen and oxygen atoms in total. The van der Waals surface area contributed by atoms with Gasteiger partial charge in [0.05, 0.1) is 0 Å². The standard InChI is InChI=1S/C28H35N3O/c1-20(2)13-14-31-25-16-23-15-24(28(25,26(29)32)30-19-23)27(31,17-21-9-5-3-6-10-21)18-22-11-7-4-8-12-22/h3-12,19-20,23-25H,13-18H2,1-2H3,(H2,29,32). The first-order valence-corrected chi connectivity index (χ1v) is 12.2. The fraction of sp³-hybridized carbons (Fsp3) is 0.500. The summed E-state index contributed by atoms with van der Waals surface area (Å²) < 4.78 is 0. The molecule has 4 heteroatoms. The first-order chi connectivity index (χ1) is 15.5. The largest absolute Gasteiger partial charge is 0.367 e. The molecule has 32 heavy (non-hydrogen) atoms. The van der Waals surface area contributed by atoms with Crippen LogP contribution < -0.4 is 5.73 Å². The van der Waals surface area contributed by atoms with E-state index in [1.54, 1.807) is 0 Å². The van der Waals surface area contributed by atoms with E-state index in [2.05, 4.69) is 79.4 Å². The molecule has 168 valence electrons. The van der Waals surface area contributed by atoms with Crippen molar-refractivity contribution >= 4 is 12.1 Å². The first kappa shape index (κ1) is 21.4. The molecule has 2 aromatic carbocycles. The highest BCUT2D eigenvalue weighted by Gasteiger charge is 2.72. The van der Waals surface area contributed by atoms with E-state index in [0.29, 0.717) is 11.8 Å². The lowest BCUT2D eigenvalue weighted by molar-refractivity contribution is -0.127. The van der Waals surface area contributed by atoms with Crippen LogP contribution in [0.3, 0.4) is 0 Å². The fourth-order valence-corrected chi connectivity index (χ4v) is 6.89. The van der Waals surface area contributed by atoms with Gasteiger partial charge in [0.1, 0.15) is 0 Å². The Morgan fingerprint density at radius 2 is 1.62 bits per heavy atom. The molecule has 4 bridgehead atoms. The molecular weight excluding hydrogens is 394 g/mol. The molecule has 3 heterocycles. The van der Waals surface area contributed by atoms with E-state index in [1.807, 2.05) is 6.21 Å². The van der Waals surface area contributed by atoms with Crippen LogP contribution in [0.1, 0.15) is 44.2 Å². The normalized spacial score (nSPS) is 30.2. The minimum atomic E-state index is -0.796. The highest BCUT2D eigenvalue weighted by molar-refractivity contribution is 5.91. The Bertz CT molecular complexity index is 945. The van der Waals surface area contributed by atoms with Crippen molar-refractivity contribution in [3.8, 4) is 0 Å². The summed E-state index contributed by atoms with van der Waals surface area (Å²) in [5.74, 6) is 0.946. The molecular formula is C28H35N3O. The molecule has 2 aromatic rings. The van der Waals surface area contributed by atoms with Crippen molar-refractivity contribution in [1.29, 1.82) is 0 Å². The minimum absolute atomic E-state index is 0.0972. The first-order valence-electron chi connectivity index (χ1n) is 12.2. The van der Waals surface area contributed by atoms with Gasteiger partial charge in [-0.25, -0.2) is 0 Å². The van der Waals surface area contributed by atoms with Crippen LogP contribution in [0.4, 0.5) is 0 Å². The lowest BCUT2D eigenvalue weighted by atomic mass is 9.60. The Morgan fingerprint density at radius 1 is 1.03 bits per heavy atom. The quantitative estimate of drug-likeness (QED) is 0.681. The van der Waals surface area contributed by atoms with Crippen LogP contribution in [0.15, 0.2) is 65.7 Å². The number of nitrogens with zero attached hydrogens (tertiary/aromatic N) is 2. The van der Waals surface area contributed by atoms with Crippen LogP contribution in [0, 0.1) is 17.8 Å². The third kappa shape index (κ3) is 3.31. The van der Waals surface area contributed by atoms with E-state index in [4.69, 9.17) is 10.7 Å². The smallest absolute Gasteiger partial charge is 0.247 e. The summed E-state index contributed by atoms with van der Waals surface area (Å²) in [5.41, 5.74) is 7.88. The van der Waals surface area contributed by atoms with Gasteiger partial charge in [-0.15, -0.1) is 0 Å². The van der Waals surface area contributed by atoms with Crippen molar-refractivity contribution in [3.63, 3.8) is 0 Å². The Hall–Kier alpha value is -2.46. The molecule has 0 spiro atoms. The molecule has 6 rings (SSSR count). The van der Waals surface area contributed by atoms with Crippen LogP contribution in [-0.4, -0.2) is 40.7 Å². The second-order valence-electron chi connectivity index (χ2n) is 10.6. The van der Waals surface area contributed by atoms with Crippen molar-refractivity contribution in [2.24, 2.45) is 28.5 Å². The number of carbonyl (C=O) groups is 1. The van der Waals surface area contributed by atoms with E-state index in [1.165, 1.54) is 11.1 Å². The van der Waals surface area contributed by atoms with Crippen molar-refractivity contribution < 1.29 is 4.79 Å². The second kappa shape index (κ2) is 8.15. The van der Waals surface area contributed by atoms with Gasteiger partial charge in [0.25, 0.3) is 0 Å². The van der Waals surface area contributed by atoms with Gasteiger partial charge < -0.3 is 5.73 Å². The Balaban J connectivity index is 1.67. The molecule has 1 aliphatic carbocycles. The summed E-state index contributed by atoms with van der Waals surface area (Å²) in [4.78, 5) is 20.8. The maximum Gasteiger partial charge on any atom is 0.247 e. The lowest BCUT2D eigenvalue weighted by Crippen LogP contribution is -2.61. The van der Waals surface area contributed by atoms with Crippen LogP contribution in [0.5, 0.6) is 0 Å². The third-order valence-corrected chi connectivity index (χ3v) is 8.25. The summed E-state index contributed by atoms with van der Waals surface area (Å²) in [5, 5.41) is 0. The number of likely N-dealkylation sites (tertiary alicyclic amines) is 1. The van der Waals surface area contributed by atoms with Gasteiger partial charge in [-0.1, -0.05) is 74.5 Å². The summed E-state index contributed by atoms with van der Waals surface area (Å²) in [6.07, 6.45) is 6.98.